The number of ether oxygens (including phenoxy) is 1. The number of nitrogens with zero attached hydrogens (tertiary/aromatic N) is 2. The molecular weight excluding hydrogens is 416 g/mol. The zero-order valence-electron chi connectivity index (χ0n) is 12.5. The SMILES string of the molecule is COc1ccc(NC(=O)CSc2nc3ncc(Br)cc3[nH]2)cc1Cl. The second kappa shape index (κ2) is 7.42. The van der Waals surface area contributed by atoms with E-state index in [1.807, 2.05) is 6.07 Å². The Morgan fingerprint density at radius 2 is 2.29 bits per heavy atom. The molecule has 0 unspecified atom stereocenters. The summed E-state index contributed by atoms with van der Waals surface area (Å²) in [4.78, 5) is 23.7. The summed E-state index contributed by atoms with van der Waals surface area (Å²) in [6.07, 6.45) is 1.68. The average molecular weight is 428 g/mol. The molecule has 0 saturated carbocycles. The van der Waals surface area contributed by atoms with E-state index in [-0.39, 0.29) is 11.7 Å². The topological polar surface area (TPSA) is 79.9 Å². The molecule has 1 aromatic carbocycles. The maximum absolute atomic E-state index is 12.0. The van der Waals surface area contributed by atoms with E-state index >= 15 is 0 Å². The van der Waals surface area contributed by atoms with Crippen molar-refractivity contribution >= 4 is 62.1 Å². The van der Waals surface area contributed by atoms with Crippen molar-refractivity contribution in [3.63, 3.8) is 0 Å². The molecule has 6 nitrogen and oxygen atoms in total. The van der Waals surface area contributed by atoms with E-state index in [9.17, 15) is 4.79 Å². The van der Waals surface area contributed by atoms with Gasteiger partial charge in [0.15, 0.2) is 10.8 Å². The molecule has 0 aliphatic heterocycles. The molecule has 2 aromatic heterocycles. The third-order valence-electron chi connectivity index (χ3n) is 3.06. The third kappa shape index (κ3) is 4.00. The number of aromatic amines is 1. The minimum Gasteiger partial charge on any atom is -0.495 e. The van der Waals surface area contributed by atoms with Crippen molar-refractivity contribution in [2.75, 3.05) is 18.2 Å². The van der Waals surface area contributed by atoms with Gasteiger partial charge in [0, 0.05) is 16.4 Å². The molecule has 1 amide bonds. The molecule has 3 rings (SSSR count). The van der Waals surface area contributed by atoms with Gasteiger partial charge in [-0.1, -0.05) is 23.4 Å². The predicted molar refractivity (Wildman–Crippen MR) is 98.9 cm³/mol. The van der Waals surface area contributed by atoms with Gasteiger partial charge in [-0.15, -0.1) is 0 Å². The summed E-state index contributed by atoms with van der Waals surface area (Å²) in [5, 5.41) is 3.86. The first-order chi connectivity index (χ1) is 11.5. The summed E-state index contributed by atoms with van der Waals surface area (Å²) in [5.41, 5.74) is 2.04. The molecule has 24 heavy (non-hydrogen) atoms. The van der Waals surface area contributed by atoms with Crippen LogP contribution in [-0.4, -0.2) is 33.7 Å². The number of nitrogens with one attached hydrogen (secondary N) is 2. The van der Waals surface area contributed by atoms with Crippen LogP contribution >= 0.6 is 39.3 Å². The Morgan fingerprint density at radius 1 is 1.46 bits per heavy atom. The molecule has 124 valence electrons. The standard InChI is InChI=1S/C15H12BrClN4O2S/c1-23-12-3-2-9(5-10(12)17)19-13(22)7-24-15-20-11-4-8(16)6-18-14(11)21-15/h2-6H,7H2,1H3,(H,19,22)(H,18,20,21). The van der Waals surface area contributed by atoms with E-state index in [1.54, 1.807) is 24.4 Å². The number of H-pyrrole nitrogens is 1. The number of thioether (sulfide) groups is 1. The normalized spacial score (nSPS) is 10.8. The lowest BCUT2D eigenvalue weighted by molar-refractivity contribution is -0.113. The molecule has 0 spiro atoms. The van der Waals surface area contributed by atoms with Crippen molar-refractivity contribution in [3.8, 4) is 5.75 Å². The molecule has 0 fully saturated rings. The summed E-state index contributed by atoms with van der Waals surface area (Å²) in [7, 11) is 1.54. The number of methoxy groups -OCH3 is 1. The van der Waals surface area contributed by atoms with Crippen LogP contribution in [0.25, 0.3) is 11.2 Å². The van der Waals surface area contributed by atoms with Crippen molar-refractivity contribution in [2.24, 2.45) is 0 Å². The predicted octanol–water partition coefficient (Wildman–Crippen LogP) is 4.11. The third-order valence-corrected chi connectivity index (χ3v) is 4.66. The maximum atomic E-state index is 12.0. The molecular formula is C15H12BrClN4O2S. The largest absolute Gasteiger partial charge is 0.495 e. The molecule has 0 bridgehead atoms. The van der Waals surface area contributed by atoms with E-state index in [4.69, 9.17) is 16.3 Å². The highest BCUT2D eigenvalue weighted by Gasteiger charge is 2.09. The zero-order chi connectivity index (χ0) is 17.1. The quantitative estimate of drug-likeness (QED) is 0.599. The Labute approximate surface area is 155 Å². The lowest BCUT2D eigenvalue weighted by Gasteiger charge is -2.07. The second-order valence-electron chi connectivity index (χ2n) is 4.75. The van der Waals surface area contributed by atoms with E-state index in [0.29, 0.717) is 27.3 Å². The molecule has 0 saturated heterocycles. The highest BCUT2D eigenvalue weighted by atomic mass is 79.9. The number of amides is 1. The Kier molecular flexibility index (Phi) is 5.27. The van der Waals surface area contributed by atoms with Gasteiger partial charge in [0.1, 0.15) is 5.75 Å². The zero-order valence-corrected chi connectivity index (χ0v) is 15.6. The molecule has 3 aromatic rings. The van der Waals surface area contributed by atoms with Crippen LogP contribution in [0.1, 0.15) is 0 Å². The summed E-state index contributed by atoms with van der Waals surface area (Å²) in [6, 6.07) is 6.97. The summed E-state index contributed by atoms with van der Waals surface area (Å²) >= 11 is 10.7. The highest BCUT2D eigenvalue weighted by molar-refractivity contribution is 9.10. The number of imidazole rings is 1. The van der Waals surface area contributed by atoms with Gasteiger partial charge in [0.2, 0.25) is 5.91 Å². The average Bonchev–Trinajstić information content (AvgIpc) is 2.95. The minimum atomic E-state index is -0.157. The number of carbonyl (C=O) groups is 1. The van der Waals surface area contributed by atoms with Gasteiger partial charge in [-0.05, 0) is 40.2 Å². The van der Waals surface area contributed by atoms with Gasteiger partial charge in [-0.2, -0.15) is 0 Å². The van der Waals surface area contributed by atoms with E-state index in [0.717, 1.165) is 9.99 Å². The van der Waals surface area contributed by atoms with Crippen molar-refractivity contribution in [1.29, 1.82) is 0 Å². The molecule has 2 N–H and O–H groups in total. The Morgan fingerprint density at radius 3 is 3.04 bits per heavy atom. The Hall–Kier alpha value is -1.77. The van der Waals surface area contributed by atoms with Crippen LogP contribution in [0.5, 0.6) is 5.75 Å². The lowest BCUT2D eigenvalue weighted by Crippen LogP contribution is -2.14. The number of pyridine rings is 1. The maximum Gasteiger partial charge on any atom is 0.234 e. The molecule has 0 radical (unpaired) electrons. The first kappa shape index (κ1) is 17.1. The van der Waals surface area contributed by atoms with Crippen LogP contribution < -0.4 is 10.1 Å². The van der Waals surface area contributed by atoms with Gasteiger partial charge >= 0.3 is 0 Å². The van der Waals surface area contributed by atoms with Crippen LogP contribution in [-0.2, 0) is 4.79 Å². The van der Waals surface area contributed by atoms with Crippen molar-refractivity contribution < 1.29 is 9.53 Å². The van der Waals surface area contributed by atoms with Gasteiger partial charge in [-0.25, -0.2) is 9.97 Å². The van der Waals surface area contributed by atoms with Gasteiger partial charge in [0.25, 0.3) is 0 Å². The fourth-order valence-corrected chi connectivity index (χ4v) is 3.26. The van der Waals surface area contributed by atoms with E-state index in [2.05, 4.69) is 36.2 Å². The Bertz CT molecular complexity index is 902. The number of benzene rings is 1. The van der Waals surface area contributed by atoms with Crippen LogP contribution in [0.15, 0.2) is 40.1 Å². The number of halogens is 2. The number of rotatable bonds is 5. The fourth-order valence-electron chi connectivity index (χ4n) is 2.00. The highest BCUT2D eigenvalue weighted by Crippen LogP contribution is 2.27. The monoisotopic (exact) mass is 426 g/mol. The smallest absolute Gasteiger partial charge is 0.234 e. The first-order valence-electron chi connectivity index (χ1n) is 6.82. The van der Waals surface area contributed by atoms with E-state index in [1.165, 1.54) is 18.9 Å². The number of anilines is 1. The van der Waals surface area contributed by atoms with Crippen LogP contribution in [0.2, 0.25) is 5.02 Å². The van der Waals surface area contributed by atoms with Crippen molar-refractivity contribution in [1.82, 2.24) is 15.0 Å². The van der Waals surface area contributed by atoms with E-state index < -0.39 is 0 Å². The molecule has 0 aliphatic rings. The summed E-state index contributed by atoms with van der Waals surface area (Å²) in [6.45, 7) is 0. The number of aromatic nitrogens is 3. The summed E-state index contributed by atoms with van der Waals surface area (Å²) in [5.74, 6) is 0.616. The lowest BCUT2D eigenvalue weighted by atomic mass is 10.3. The number of hydrogen-bond donors (Lipinski definition) is 2. The molecule has 9 heteroatoms. The van der Waals surface area contributed by atoms with Gasteiger partial charge < -0.3 is 15.0 Å². The number of carbonyl (C=O) groups excluding carboxylic acids is 1. The molecule has 0 atom stereocenters. The number of hydrogen-bond acceptors (Lipinski definition) is 5. The second-order valence-corrected chi connectivity index (χ2v) is 7.04. The van der Waals surface area contributed by atoms with Gasteiger partial charge in [-0.3, -0.25) is 4.79 Å². The Balaban J connectivity index is 1.61. The van der Waals surface area contributed by atoms with Crippen LogP contribution in [0, 0.1) is 0 Å². The van der Waals surface area contributed by atoms with Crippen LogP contribution in [0.4, 0.5) is 5.69 Å². The van der Waals surface area contributed by atoms with Crippen LogP contribution in [0.3, 0.4) is 0 Å². The van der Waals surface area contributed by atoms with Crippen molar-refractivity contribution in [3.05, 3.63) is 40.0 Å². The summed E-state index contributed by atoms with van der Waals surface area (Å²) < 4.78 is 5.94. The molecule has 0 aliphatic carbocycles. The minimum absolute atomic E-state index is 0.157. The number of fused-ring (bicyclic) bond motifs is 1. The van der Waals surface area contributed by atoms with Gasteiger partial charge in [0.05, 0.1) is 23.4 Å². The molecule has 2 heterocycles. The van der Waals surface area contributed by atoms with Crippen molar-refractivity contribution in [2.45, 2.75) is 5.16 Å². The first-order valence-corrected chi connectivity index (χ1v) is 8.98. The fraction of sp³-hybridized carbons (Fsp3) is 0.133.